The monoisotopic (exact) mass is 484 g/mol. The van der Waals surface area contributed by atoms with Crippen LogP contribution in [0.2, 0.25) is 0 Å². The lowest BCUT2D eigenvalue weighted by atomic mass is 9.74. The molecule has 6 nitrogen and oxygen atoms in total. The van der Waals surface area contributed by atoms with Crippen molar-refractivity contribution in [2.24, 2.45) is 5.41 Å². The topological polar surface area (TPSA) is 71.0 Å². The zero-order valence-corrected chi connectivity index (χ0v) is 21.3. The average Bonchev–Trinajstić information content (AvgIpc) is 3.38. The fraction of sp³-hybridized carbons (Fsp3) is 0.379. The molecule has 3 N–H and O–H groups in total. The van der Waals surface area contributed by atoms with Gasteiger partial charge in [0.15, 0.2) is 5.82 Å². The van der Waals surface area contributed by atoms with Gasteiger partial charge in [0.05, 0.1) is 30.3 Å². The third kappa shape index (κ3) is 3.64. The van der Waals surface area contributed by atoms with E-state index in [0.29, 0.717) is 22.5 Å². The standard InChI is InChI=1S/C29H33FN6/c1-5-20-9-18(3)24(30)10-23(20)21-6-7-22(17(2)8-21)27(31)28-33-25-11-35(12-26(25)34-28)19(4)36-15-29(16-36)13-32-14-29/h6-10,31-32H,4-5,11-16H2,1-3H3,(H,33,34). The third-order valence-corrected chi connectivity index (χ3v) is 8.15. The van der Waals surface area contributed by atoms with Gasteiger partial charge in [-0.1, -0.05) is 37.8 Å². The molecule has 0 aliphatic carbocycles. The number of imidazole rings is 1. The van der Waals surface area contributed by atoms with Gasteiger partial charge in [-0.15, -0.1) is 0 Å². The molecule has 4 heterocycles. The summed E-state index contributed by atoms with van der Waals surface area (Å²) in [4.78, 5) is 12.8. The number of hydrogen-bond acceptors (Lipinski definition) is 5. The second-order valence-corrected chi connectivity index (χ2v) is 10.8. The van der Waals surface area contributed by atoms with Gasteiger partial charge in [-0.05, 0) is 54.2 Å². The molecule has 3 aliphatic rings. The number of aromatic nitrogens is 2. The van der Waals surface area contributed by atoms with Crippen molar-refractivity contribution < 1.29 is 4.39 Å². The van der Waals surface area contributed by atoms with Crippen LogP contribution in [0, 0.1) is 30.5 Å². The fourth-order valence-electron chi connectivity index (χ4n) is 5.83. The van der Waals surface area contributed by atoms with E-state index in [2.05, 4.69) is 33.6 Å². The van der Waals surface area contributed by atoms with Crippen LogP contribution < -0.4 is 5.32 Å². The summed E-state index contributed by atoms with van der Waals surface area (Å²) in [5.74, 6) is 1.48. The molecule has 7 heteroatoms. The highest BCUT2D eigenvalue weighted by atomic mass is 19.1. The van der Waals surface area contributed by atoms with E-state index in [1.54, 1.807) is 13.0 Å². The van der Waals surface area contributed by atoms with E-state index in [0.717, 1.165) is 90.7 Å². The van der Waals surface area contributed by atoms with Crippen molar-refractivity contribution in [2.45, 2.75) is 40.3 Å². The zero-order chi connectivity index (χ0) is 25.2. The highest BCUT2D eigenvalue weighted by molar-refractivity contribution is 6.09. The van der Waals surface area contributed by atoms with Crippen LogP contribution in [0.25, 0.3) is 11.1 Å². The van der Waals surface area contributed by atoms with E-state index in [1.807, 2.05) is 31.2 Å². The van der Waals surface area contributed by atoms with E-state index in [9.17, 15) is 4.39 Å². The number of H-pyrrole nitrogens is 1. The molecule has 2 fully saturated rings. The van der Waals surface area contributed by atoms with Crippen molar-refractivity contribution in [1.29, 1.82) is 5.41 Å². The number of nitrogens with one attached hydrogen (secondary N) is 3. The Hall–Kier alpha value is -3.45. The molecule has 0 atom stereocenters. The van der Waals surface area contributed by atoms with E-state index < -0.39 is 0 Å². The maximum atomic E-state index is 14.3. The number of nitrogens with zero attached hydrogens (tertiary/aromatic N) is 3. The zero-order valence-electron chi connectivity index (χ0n) is 21.3. The summed E-state index contributed by atoms with van der Waals surface area (Å²) in [5.41, 5.74) is 8.40. The number of halogens is 1. The van der Waals surface area contributed by atoms with Crippen molar-refractivity contribution in [3.63, 3.8) is 0 Å². The molecule has 0 bridgehead atoms. The Kier molecular flexibility index (Phi) is 5.30. The largest absolute Gasteiger partial charge is 0.357 e. The first-order valence-electron chi connectivity index (χ1n) is 12.7. The smallest absolute Gasteiger partial charge is 0.156 e. The molecule has 2 aromatic carbocycles. The van der Waals surface area contributed by atoms with Crippen LogP contribution in [0.1, 0.15) is 46.4 Å². The Morgan fingerprint density at radius 1 is 1.11 bits per heavy atom. The van der Waals surface area contributed by atoms with Gasteiger partial charge in [0.1, 0.15) is 11.5 Å². The number of benzene rings is 2. The van der Waals surface area contributed by atoms with Crippen LogP contribution in [0.3, 0.4) is 0 Å². The first-order chi connectivity index (χ1) is 17.3. The minimum Gasteiger partial charge on any atom is -0.357 e. The van der Waals surface area contributed by atoms with Gasteiger partial charge in [0.2, 0.25) is 0 Å². The summed E-state index contributed by atoms with van der Waals surface area (Å²) >= 11 is 0. The summed E-state index contributed by atoms with van der Waals surface area (Å²) < 4.78 is 14.3. The molecular weight excluding hydrogens is 451 g/mol. The van der Waals surface area contributed by atoms with Crippen molar-refractivity contribution in [2.75, 3.05) is 26.2 Å². The number of aryl methyl sites for hydroxylation is 3. The van der Waals surface area contributed by atoms with Crippen LogP contribution in [0.15, 0.2) is 42.7 Å². The molecule has 1 spiro atoms. The molecule has 6 rings (SSSR count). The summed E-state index contributed by atoms with van der Waals surface area (Å²) in [6.45, 7) is 16.1. The quantitative estimate of drug-likeness (QED) is 0.451. The minimum atomic E-state index is -0.188. The molecule has 3 aromatic rings. The normalized spacial score (nSPS) is 17.7. The first kappa shape index (κ1) is 23.0. The van der Waals surface area contributed by atoms with E-state index >= 15 is 0 Å². The number of likely N-dealkylation sites (tertiary alicyclic amines) is 1. The van der Waals surface area contributed by atoms with Gasteiger partial charge < -0.3 is 20.1 Å². The molecule has 0 radical (unpaired) electrons. The lowest BCUT2D eigenvalue weighted by Gasteiger charge is -2.58. The van der Waals surface area contributed by atoms with Crippen molar-refractivity contribution >= 4 is 5.71 Å². The molecule has 186 valence electrons. The lowest BCUT2D eigenvalue weighted by molar-refractivity contribution is -0.0353. The predicted octanol–water partition coefficient (Wildman–Crippen LogP) is 4.50. The van der Waals surface area contributed by atoms with E-state index in [-0.39, 0.29) is 5.82 Å². The van der Waals surface area contributed by atoms with E-state index in [4.69, 9.17) is 10.4 Å². The Balaban J connectivity index is 1.17. The van der Waals surface area contributed by atoms with Crippen LogP contribution in [0.4, 0.5) is 4.39 Å². The lowest BCUT2D eigenvalue weighted by Crippen LogP contribution is -2.71. The Morgan fingerprint density at radius 2 is 1.89 bits per heavy atom. The molecule has 1 aromatic heterocycles. The maximum Gasteiger partial charge on any atom is 0.156 e. The minimum absolute atomic E-state index is 0.188. The van der Waals surface area contributed by atoms with Crippen LogP contribution in [-0.4, -0.2) is 51.7 Å². The van der Waals surface area contributed by atoms with Crippen LogP contribution >= 0.6 is 0 Å². The second kappa shape index (κ2) is 8.30. The molecule has 36 heavy (non-hydrogen) atoms. The SMILES string of the molecule is C=C(N1Cc2nc(C(=N)c3ccc(-c4cc(F)c(C)cc4CC)cc3C)[nH]c2C1)N1CC2(CNC2)C1. The number of rotatable bonds is 6. The number of aromatic amines is 1. The third-order valence-electron chi connectivity index (χ3n) is 8.15. The Labute approximate surface area is 211 Å². The predicted molar refractivity (Wildman–Crippen MR) is 140 cm³/mol. The first-order valence-corrected chi connectivity index (χ1v) is 12.7. The summed E-state index contributed by atoms with van der Waals surface area (Å²) in [6, 6.07) is 9.56. The average molecular weight is 485 g/mol. The fourth-order valence-corrected chi connectivity index (χ4v) is 5.83. The van der Waals surface area contributed by atoms with E-state index in [1.165, 1.54) is 0 Å². The van der Waals surface area contributed by atoms with Gasteiger partial charge in [-0.25, -0.2) is 9.37 Å². The summed E-state index contributed by atoms with van der Waals surface area (Å²) in [6.07, 6.45) is 0.838. The Morgan fingerprint density at radius 3 is 2.53 bits per heavy atom. The summed E-state index contributed by atoms with van der Waals surface area (Å²) in [7, 11) is 0. The molecule has 0 amide bonds. The van der Waals surface area contributed by atoms with Gasteiger partial charge in [-0.3, -0.25) is 5.41 Å². The summed E-state index contributed by atoms with van der Waals surface area (Å²) in [5, 5.41) is 12.2. The van der Waals surface area contributed by atoms with Gasteiger partial charge in [0, 0.05) is 37.2 Å². The number of hydrogen-bond donors (Lipinski definition) is 3. The van der Waals surface area contributed by atoms with Gasteiger partial charge in [0.25, 0.3) is 0 Å². The molecule has 0 unspecified atom stereocenters. The second-order valence-electron chi connectivity index (χ2n) is 10.8. The number of fused-ring (bicyclic) bond motifs is 1. The van der Waals surface area contributed by atoms with Crippen LogP contribution in [0.5, 0.6) is 0 Å². The maximum absolute atomic E-state index is 14.3. The van der Waals surface area contributed by atoms with Crippen LogP contribution in [-0.2, 0) is 19.5 Å². The van der Waals surface area contributed by atoms with Gasteiger partial charge >= 0.3 is 0 Å². The molecule has 0 saturated carbocycles. The highest BCUT2D eigenvalue weighted by Gasteiger charge is 2.48. The van der Waals surface area contributed by atoms with Crippen molar-refractivity contribution in [1.82, 2.24) is 25.1 Å². The van der Waals surface area contributed by atoms with Crippen molar-refractivity contribution in [3.05, 3.63) is 88.0 Å². The van der Waals surface area contributed by atoms with Gasteiger partial charge in [-0.2, -0.15) is 0 Å². The van der Waals surface area contributed by atoms with Crippen molar-refractivity contribution in [3.8, 4) is 11.1 Å². The molecular formula is C29H33FN6. The molecule has 2 saturated heterocycles. The Bertz CT molecular complexity index is 1370. The highest BCUT2D eigenvalue weighted by Crippen LogP contribution is 2.38. The molecule has 3 aliphatic heterocycles.